The minimum Gasteiger partial charge on any atom is -0.377 e. The van der Waals surface area contributed by atoms with Crippen molar-refractivity contribution in [2.45, 2.75) is 77.0 Å². The lowest BCUT2D eigenvalue weighted by Gasteiger charge is -2.22. The largest absolute Gasteiger partial charge is 0.377 e. The number of unbranched alkanes of at least 4 members (excludes halogenated alkanes) is 4. The van der Waals surface area contributed by atoms with Gasteiger partial charge in [-0.2, -0.15) is 0 Å². The molecule has 0 saturated carbocycles. The standard InChI is InChI=1S/C21H35N5O2S/c1-3-5-7-8-12-19-23-24-20(29-19)26-18(22-15-17-11-10-14-28-17)16-25(21(26)27)13-9-6-4-2/h4,17-18,22H,2-3,5-16H2,1H3. The lowest BCUT2D eigenvalue weighted by molar-refractivity contribution is 0.107. The van der Waals surface area contributed by atoms with Crippen LogP contribution in [0.2, 0.25) is 0 Å². The van der Waals surface area contributed by atoms with Crippen LogP contribution in [0.15, 0.2) is 12.7 Å². The van der Waals surface area contributed by atoms with Gasteiger partial charge in [0.2, 0.25) is 5.13 Å². The van der Waals surface area contributed by atoms with E-state index in [1.807, 2.05) is 11.0 Å². The minimum atomic E-state index is -0.0867. The second-order valence-corrected chi connectivity index (χ2v) is 8.92. The molecule has 162 valence electrons. The van der Waals surface area contributed by atoms with Crippen molar-refractivity contribution in [3.63, 3.8) is 0 Å². The Morgan fingerprint density at radius 2 is 2.21 bits per heavy atom. The van der Waals surface area contributed by atoms with Crippen LogP contribution in [0.5, 0.6) is 0 Å². The van der Waals surface area contributed by atoms with Crippen molar-refractivity contribution in [1.82, 2.24) is 20.4 Å². The molecule has 2 amide bonds. The van der Waals surface area contributed by atoms with Crippen LogP contribution in [0.4, 0.5) is 9.93 Å². The Morgan fingerprint density at radius 3 is 2.97 bits per heavy atom. The second-order valence-electron chi connectivity index (χ2n) is 7.88. The predicted molar refractivity (Wildman–Crippen MR) is 117 cm³/mol. The molecule has 0 spiro atoms. The fourth-order valence-electron chi connectivity index (χ4n) is 3.86. The number of hydrogen-bond acceptors (Lipinski definition) is 6. The van der Waals surface area contributed by atoms with E-state index in [4.69, 9.17) is 4.74 Å². The van der Waals surface area contributed by atoms with E-state index in [1.165, 1.54) is 19.3 Å². The topological polar surface area (TPSA) is 70.6 Å². The molecule has 1 aromatic rings. The summed E-state index contributed by atoms with van der Waals surface area (Å²) in [4.78, 5) is 16.8. The number of aryl methyl sites for hydroxylation is 1. The maximum Gasteiger partial charge on any atom is 0.327 e. The van der Waals surface area contributed by atoms with Gasteiger partial charge in [-0.15, -0.1) is 16.8 Å². The highest BCUT2D eigenvalue weighted by Crippen LogP contribution is 2.28. The normalized spacial score (nSPS) is 22.0. The van der Waals surface area contributed by atoms with Crippen LogP contribution >= 0.6 is 11.3 Å². The first-order valence-corrected chi connectivity index (χ1v) is 11.9. The summed E-state index contributed by atoms with van der Waals surface area (Å²) in [5, 5.41) is 14.0. The molecule has 0 aliphatic carbocycles. The molecule has 3 heterocycles. The van der Waals surface area contributed by atoms with Crippen LogP contribution in [-0.4, -0.2) is 59.6 Å². The summed E-state index contributed by atoms with van der Waals surface area (Å²) >= 11 is 1.55. The molecule has 8 heteroatoms. The zero-order valence-electron chi connectivity index (χ0n) is 17.6. The van der Waals surface area contributed by atoms with Gasteiger partial charge in [0.05, 0.1) is 12.6 Å². The van der Waals surface area contributed by atoms with E-state index in [9.17, 15) is 4.79 Å². The fraction of sp³-hybridized carbons (Fsp3) is 0.762. The van der Waals surface area contributed by atoms with Crippen molar-refractivity contribution in [2.24, 2.45) is 0 Å². The van der Waals surface area contributed by atoms with Gasteiger partial charge < -0.3 is 9.64 Å². The van der Waals surface area contributed by atoms with Gasteiger partial charge in [0.25, 0.3) is 0 Å². The van der Waals surface area contributed by atoms with Crippen molar-refractivity contribution < 1.29 is 9.53 Å². The monoisotopic (exact) mass is 421 g/mol. The molecule has 1 N–H and O–H groups in total. The Hall–Kier alpha value is -1.51. The highest BCUT2D eigenvalue weighted by atomic mass is 32.1. The molecule has 2 unspecified atom stereocenters. The number of anilines is 1. The average Bonchev–Trinajstić information content (AvgIpc) is 3.45. The summed E-state index contributed by atoms with van der Waals surface area (Å²) in [6.45, 7) is 8.99. The molecule has 29 heavy (non-hydrogen) atoms. The highest BCUT2D eigenvalue weighted by Gasteiger charge is 2.40. The fourth-order valence-corrected chi connectivity index (χ4v) is 4.78. The quantitative estimate of drug-likeness (QED) is 0.386. The first-order chi connectivity index (χ1) is 14.2. The smallest absolute Gasteiger partial charge is 0.327 e. The van der Waals surface area contributed by atoms with Gasteiger partial charge in [0.15, 0.2) is 0 Å². The van der Waals surface area contributed by atoms with E-state index in [-0.39, 0.29) is 18.3 Å². The van der Waals surface area contributed by atoms with Crippen LogP contribution in [-0.2, 0) is 11.2 Å². The Morgan fingerprint density at radius 1 is 1.31 bits per heavy atom. The third-order valence-corrected chi connectivity index (χ3v) is 6.51. The number of carbonyl (C=O) groups excluding carboxylic acids is 1. The van der Waals surface area contributed by atoms with Crippen LogP contribution in [0.25, 0.3) is 0 Å². The summed E-state index contributed by atoms with van der Waals surface area (Å²) in [5.41, 5.74) is 0. The van der Waals surface area contributed by atoms with Crippen LogP contribution in [0.3, 0.4) is 0 Å². The Balaban J connectivity index is 1.63. The van der Waals surface area contributed by atoms with Crippen LogP contribution < -0.4 is 10.2 Å². The van der Waals surface area contributed by atoms with Crippen LogP contribution in [0.1, 0.15) is 63.3 Å². The van der Waals surface area contributed by atoms with Gasteiger partial charge in [0, 0.05) is 26.1 Å². The molecular formula is C21H35N5O2S. The van der Waals surface area contributed by atoms with Gasteiger partial charge in [-0.05, 0) is 32.1 Å². The van der Waals surface area contributed by atoms with E-state index in [2.05, 4.69) is 29.0 Å². The number of nitrogens with zero attached hydrogens (tertiary/aromatic N) is 4. The number of carbonyl (C=O) groups is 1. The van der Waals surface area contributed by atoms with Crippen molar-refractivity contribution in [2.75, 3.05) is 31.1 Å². The van der Waals surface area contributed by atoms with Gasteiger partial charge in [0.1, 0.15) is 11.2 Å². The van der Waals surface area contributed by atoms with E-state index < -0.39 is 0 Å². The summed E-state index contributed by atoms with van der Waals surface area (Å²) in [6.07, 6.45) is 11.9. The SMILES string of the molecule is C=CCCCN1CC(NCC2CCCO2)N(c2nnc(CCCCCC)s2)C1=O. The van der Waals surface area contributed by atoms with Crippen molar-refractivity contribution in [3.8, 4) is 0 Å². The molecule has 2 fully saturated rings. The summed E-state index contributed by atoms with van der Waals surface area (Å²) in [5.74, 6) is 0. The summed E-state index contributed by atoms with van der Waals surface area (Å²) in [6, 6.07) is 0.0209. The zero-order chi connectivity index (χ0) is 20.5. The Bertz CT molecular complexity index is 647. The van der Waals surface area contributed by atoms with E-state index in [0.717, 1.165) is 63.2 Å². The van der Waals surface area contributed by atoms with E-state index in [0.29, 0.717) is 11.7 Å². The molecule has 2 atom stereocenters. The van der Waals surface area contributed by atoms with Crippen molar-refractivity contribution >= 4 is 22.5 Å². The molecule has 7 nitrogen and oxygen atoms in total. The first-order valence-electron chi connectivity index (χ1n) is 11.1. The predicted octanol–water partition coefficient (Wildman–Crippen LogP) is 3.96. The van der Waals surface area contributed by atoms with E-state index >= 15 is 0 Å². The number of hydrogen-bond donors (Lipinski definition) is 1. The van der Waals surface area contributed by atoms with E-state index in [1.54, 1.807) is 16.2 Å². The molecule has 2 saturated heterocycles. The summed E-state index contributed by atoms with van der Waals surface area (Å²) in [7, 11) is 0. The molecule has 1 aromatic heterocycles. The number of allylic oxidation sites excluding steroid dienone is 1. The number of rotatable bonds is 13. The van der Waals surface area contributed by atoms with Gasteiger partial charge in [-0.3, -0.25) is 10.2 Å². The molecular weight excluding hydrogens is 386 g/mol. The molecule has 3 rings (SSSR count). The molecule has 2 aliphatic heterocycles. The second kappa shape index (κ2) is 11.6. The highest BCUT2D eigenvalue weighted by molar-refractivity contribution is 7.15. The number of aromatic nitrogens is 2. The number of ether oxygens (including phenoxy) is 1. The van der Waals surface area contributed by atoms with Crippen molar-refractivity contribution in [3.05, 3.63) is 17.7 Å². The van der Waals surface area contributed by atoms with Gasteiger partial charge in [-0.25, -0.2) is 4.79 Å². The third-order valence-electron chi connectivity index (χ3n) is 5.53. The number of nitrogens with one attached hydrogen (secondary N) is 1. The van der Waals surface area contributed by atoms with Gasteiger partial charge in [-0.1, -0.05) is 43.6 Å². The molecule has 2 aliphatic rings. The Labute approximate surface area is 178 Å². The number of urea groups is 1. The lowest BCUT2D eigenvalue weighted by atomic mass is 10.2. The average molecular weight is 422 g/mol. The van der Waals surface area contributed by atoms with Crippen molar-refractivity contribution in [1.29, 1.82) is 0 Å². The van der Waals surface area contributed by atoms with Gasteiger partial charge >= 0.3 is 6.03 Å². The summed E-state index contributed by atoms with van der Waals surface area (Å²) < 4.78 is 5.74. The third kappa shape index (κ3) is 6.23. The molecule has 0 bridgehead atoms. The Kier molecular flexibility index (Phi) is 8.89. The zero-order valence-corrected chi connectivity index (χ0v) is 18.5. The lowest BCUT2D eigenvalue weighted by Crippen LogP contribution is -2.47. The maximum absolute atomic E-state index is 13.1. The number of amides is 2. The molecule has 0 aromatic carbocycles. The van der Waals surface area contributed by atoms with Crippen LogP contribution in [0, 0.1) is 0 Å². The maximum atomic E-state index is 13.1. The molecule has 0 radical (unpaired) electrons. The minimum absolute atomic E-state index is 0.0209. The first kappa shape index (κ1) is 22.2.